The molecule has 1 N–H and O–H groups in total. The van der Waals surface area contributed by atoms with E-state index in [1.54, 1.807) is 44.2 Å². The standard InChI is InChI=1S/C18H17ClO3.C11H13ClO3/c1-2-21-18(20)11-9-14-8-10-17(16(19)12-14)22-13-15-6-4-3-5-7-15;1-2-15-11(14)6-4-8-3-5-10(13)9(12)7-8/h3-12H,2,13H2,1H3;3,5,7,13H,2,4,6H2,1H3. The van der Waals surface area contributed by atoms with Gasteiger partial charge in [-0.3, -0.25) is 4.79 Å². The average molecular weight is 545 g/mol. The van der Waals surface area contributed by atoms with Gasteiger partial charge in [-0.25, -0.2) is 4.79 Å². The molecule has 0 fully saturated rings. The Balaban J connectivity index is 0.000000281. The van der Waals surface area contributed by atoms with E-state index in [1.165, 1.54) is 12.1 Å². The number of phenols is 1. The Morgan fingerprint density at radius 1 is 0.865 bits per heavy atom. The molecule has 0 radical (unpaired) electrons. The number of hydrogen-bond acceptors (Lipinski definition) is 6. The summed E-state index contributed by atoms with van der Waals surface area (Å²) in [6.45, 7) is 4.75. The molecule has 0 aliphatic rings. The molecule has 6 nitrogen and oxygen atoms in total. The first-order valence-corrected chi connectivity index (χ1v) is 12.5. The quantitative estimate of drug-likeness (QED) is 0.218. The van der Waals surface area contributed by atoms with E-state index < -0.39 is 0 Å². The molecule has 0 heterocycles. The minimum Gasteiger partial charge on any atom is -0.506 e. The van der Waals surface area contributed by atoms with Crippen LogP contribution < -0.4 is 4.74 Å². The first kappa shape index (κ1) is 29.7. The molecule has 0 aromatic heterocycles. The highest BCUT2D eigenvalue weighted by Crippen LogP contribution is 2.27. The van der Waals surface area contributed by atoms with Crippen LogP contribution in [0, 0.1) is 0 Å². The third kappa shape index (κ3) is 11.4. The van der Waals surface area contributed by atoms with Gasteiger partial charge in [0, 0.05) is 12.5 Å². The zero-order valence-electron chi connectivity index (χ0n) is 20.8. The molecule has 0 amide bonds. The number of benzene rings is 3. The molecule has 0 atom stereocenters. The van der Waals surface area contributed by atoms with Crippen LogP contribution in [0.5, 0.6) is 11.5 Å². The number of aryl methyl sites for hydroxylation is 1. The van der Waals surface area contributed by atoms with Crippen LogP contribution in [-0.4, -0.2) is 30.3 Å². The summed E-state index contributed by atoms with van der Waals surface area (Å²) >= 11 is 11.9. The van der Waals surface area contributed by atoms with Crippen molar-refractivity contribution < 1.29 is 28.9 Å². The van der Waals surface area contributed by atoms with Gasteiger partial charge in [0.2, 0.25) is 0 Å². The summed E-state index contributed by atoms with van der Waals surface area (Å²) in [7, 11) is 0. The molecule has 3 rings (SSSR count). The number of rotatable bonds is 10. The molecule has 37 heavy (non-hydrogen) atoms. The van der Waals surface area contributed by atoms with Crippen LogP contribution in [0.1, 0.15) is 37.0 Å². The lowest BCUT2D eigenvalue weighted by Gasteiger charge is -2.08. The van der Waals surface area contributed by atoms with Crippen molar-refractivity contribution in [2.75, 3.05) is 13.2 Å². The number of aromatic hydroxyl groups is 1. The van der Waals surface area contributed by atoms with E-state index in [-0.39, 0.29) is 17.7 Å². The highest BCUT2D eigenvalue weighted by atomic mass is 35.5. The smallest absolute Gasteiger partial charge is 0.330 e. The topological polar surface area (TPSA) is 82.1 Å². The van der Waals surface area contributed by atoms with Crippen molar-refractivity contribution in [1.82, 2.24) is 0 Å². The number of esters is 2. The second-order valence-corrected chi connectivity index (χ2v) is 8.45. The molecular weight excluding hydrogens is 515 g/mol. The largest absolute Gasteiger partial charge is 0.506 e. The Morgan fingerprint density at radius 2 is 1.59 bits per heavy atom. The summed E-state index contributed by atoms with van der Waals surface area (Å²) in [4.78, 5) is 22.3. The number of hydrogen-bond donors (Lipinski definition) is 1. The lowest BCUT2D eigenvalue weighted by Crippen LogP contribution is -2.05. The summed E-state index contributed by atoms with van der Waals surface area (Å²) in [5, 5.41) is 9.99. The van der Waals surface area contributed by atoms with E-state index in [1.807, 2.05) is 36.4 Å². The Labute approximate surface area is 227 Å². The van der Waals surface area contributed by atoms with Crippen molar-refractivity contribution in [1.29, 1.82) is 0 Å². The average Bonchev–Trinajstić information content (AvgIpc) is 2.89. The maximum atomic E-state index is 11.3. The summed E-state index contributed by atoms with van der Waals surface area (Å²) in [5.74, 6) is 0.0695. The van der Waals surface area contributed by atoms with E-state index in [2.05, 4.69) is 0 Å². The van der Waals surface area contributed by atoms with Gasteiger partial charge in [-0.05, 0) is 67.3 Å². The molecule has 0 saturated heterocycles. The molecule has 196 valence electrons. The highest BCUT2D eigenvalue weighted by Gasteiger charge is 2.05. The molecule has 0 aliphatic carbocycles. The third-order valence-electron chi connectivity index (χ3n) is 4.83. The first-order valence-electron chi connectivity index (χ1n) is 11.8. The van der Waals surface area contributed by atoms with Crippen LogP contribution in [0.15, 0.2) is 72.8 Å². The van der Waals surface area contributed by atoms with Crippen molar-refractivity contribution in [3.63, 3.8) is 0 Å². The van der Waals surface area contributed by atoms with E-state index in [4.69, 9.17) is 37.4 Å². The maximum Gasteiger partial charge on any atom is 0.330 e. The first-order chi connectivity index (χ1) is 17.8. The fourth-order valence-electron chi connectivity index (χ4n) is 3.01. The predicted octanol–water partition coefficient (Wildman–Crippen LogP) is 7.04. The SMILES string of the molecule is CCOC(=O)C=Cc1ccc(OCc2ccccc2)c(Cl)c1.CCOC(=O)CCc1ccc(O)c(Cl)c1. The van der Waals surface area contributed by atoms with Crippen LogP contribution in [0.4, 0.5) is 0 Å². The molecule has 0 bridgehead atoms. The number of ether oxygens (including phenoxy) is 3. The lowest BCUT2D eigenvalue weighted by molar-refractivity contribution is -0.143. The van der Waals surface area contributed by atoms with Crippen LogP contribution in [-0.2, 0) is 32.1 Å². The van der Waals surface area contributed by atoms with Gasteiger partial charge in [0.1, 0.15) is 18.1 Å². The van der Waals surface area contributed by atoms with Crippen LogP contribution in [0.3, 0.4) is 0 Å². The molecule has 0 aliphatic heterocycles. The zero-order valence-corrected chi connectivity index (χ0v) is 22.3. The molecule has 3 aromatic rings. The number of phenolic OH excluding ortho intramolecular Hbond substituents is 1. The van der Waals surface area contributed by atoms with E-state index in [0.29, 0.717) is 48.5 Å². The Morgan fingerprint density at radius 3 is 2.24 bits per heavy atom. The Hall–Kier alpha value is -3.48. The lowest BCUT2D eigenvalue weighted by atomic mass is 10.1. The molecule has 3 aromatic carbocycles. The predicted molar refractivity (Wildman–Crippen MR) is 146 cm³/mol. The van der Waals surface area contributed by atoms with Crippen molar-refractivity contribution in [3.05, 3.63) is 99.5 Å². The van der Waals surface area contributed by atoms with Crippen LogP contribution >= 0.6 is 23.2 Å². The third-order valence-corrected chi connectivity index (χ3v) is 5.42. The summed E-state index contributed by atoms with van der Waals surface area (Å²) in [6, 6.07) is 20.1. The second kappa shape index (κ2) is 16.3. The number of carbonyl (C=O) groups excluding carboxylic acids is 2. The number of carbonyl (C=O) groups is 2. The molecule has 0 spiro atoms. The Kier molecular flexibility index (Phi) is 13.1. The van der Waals surface area contributed by atoms with Gasteiger partial charge in [0.15, 0.2) is 0 Å². The minimum absolute atomic E-state index is 0.0524. The maximum absolute atomic E-state index is 11.3. The molecule has 8 heteroatoms. The molecular formula is C29H30Cl2O6. The fraction of sp³-hybridized carbons (Fsp3) is 0.241. The monoisotopic (exact) mass is 544 g/mol. The van der Waals surface area contributed by atoms with Gasteiger partial charge in [-0.15, -0.1) is 0 Å². The van der Waals surface area contributed by atoms with E-state index in [0.717, 1.165) is 16.7 Å². The van der Waals surface area contributed by atoms with Gasteiger partial charge in [0.05, 0.1) is 23.3 Å². The van der Waals surface area contributed by atoms with Gasteiger partial charge in [-0.1, -0.05) is 65.7 Å². The van der Waals surface area contributed by atoms with Crippen molar-refractivity contribution in [2.45, 2.75) is 33.3 Å². The Bertz CT molecular complexity index is 1180. The van der Waals surface area contributed by atoms with E-state index >= 15 is 0 Å². The minimum atomic E-state index is -0.372. The normalized spacial score (nSPS) is 10.4. The number of halogens is 2. The summed E-state index contributed by atoms with van der Waals surface area (Å²) < 4.78 is 15.3. The van der Waals surface area contributed by atoms with E-state index in [9.17, 15) is 14.7 Å². The van der Waals surface area contributed by atoms with Crippen LogP contribution in [0.2, 0.25) is 10.0 Å². The molecule has 0 unspecified atom stereocenters. The van der Waals surface area contributed by atoms with Crippen molar-refractivity contribution in [3.8, 4) is 11.5 Å². The van der Waals surface area contributed by atoms with Gasteiger partial charge in [0.25, 0.3) is 0 Å². The second-order valence-electron chi connectivity index (χ2n) is 7.64. The van der Waals surface area contributed by atoms with Crippen molar-refractivity contribution in [2.24, 2.45) is 0 Å². The summed E-state index contributed by atoms with van der Waals surface area (Å²) in [6.07, 6.45) is 3.93. The van der Waals surface area contributed by atoms with Gasteiger partial charge in [-0.2, -0.15) is 0 Å². The fourth-order valence-corrected chi connectivity index (χ4v) is 3.46. The van der Waals surface area contributed by atoms with Gasteiger partial charge < -0.3 is 19.3 Å². The van der Waals surface area contributed by atoms with Crippen molar-refractivity contribution >= 4 is 41.2 Å². The van der Waals surface area contributed by atoms with Crippen LogP contribution in [0.25, 0.3) is 6.08 Å². The van der Waals surface area contributed by atoms with Gasteiger partial charge >= 0.3 is 11.9 Å². The zero-order chi connectivity index (χ0) is 27.0. The highest BCUT2D eigenvalue weighted by molar-refractivity contribution is 6.32. The summed E-state index contributed by atoms with van der Waals surface area (Å²) in [5.41, 5.74) is 2.79. The molecule has 0 saturated carbocycles.